The summed E-state index contributed by atoms with van der Waals surface area (Å²) < 4.78 is 12.3. The zero-order chi connectivity index (χ0) is 17.2. The van der Waals surface area contributed by atoms with Crippen molar-refractivity contribution in [3.63, 3.8) is 0 Å². The Hall–Kier alpha value is -3.35. The summed E-state index contributed by atoms with van der Waals surface area (Å²) in [5.41, 5.74) is 2.38. The maximum atomic E-state index is 12.5. The largest absolute Gasteiger partial charge is 0.454 e. The zero-order valence-corrected chi connectivity index (χ0v) is 13.5. The van der Waals surface area contributed by atoms with Crippen LogP contribution in [0.15, 0.2) is 55.1 Å². The highest BCUT2D eigenvalue weighted by molar-refractivity contribution is 5.94. The number of carbonyl (C=O) groups is 1. The Morgan fingerprint density at radius 1 is 1.16 bits per heavy atom. The van der Waals surface area contributed by atoms with Crippen LogP contribution in [0.4, 0.5) is 0 Å². The van der Waals surface area contributed by atoms with Gasteiger partial charge in [-0.15, -0.1) is 0 Å². The van der Waals surface area contributed by atoms with Crippen molar-refractivity contribution < 1.29 is 14.3 Å². The van der Waals surface area contributed by atoms with Crippen molar-refractivity contribution in [1.82, 2.24) is 20.1 Å². The summed E-state index contributed by atoms with van der Waals surface area (Å²) in [6.45, 7) is 2.16. The number of hydrogen-bond acceptors (Lipinski definition) is 5. The minimum Gasteiger partial charge on any atom is -0.454 e. The summed E-state index contributed by atoms with van der Waals surface area (Å²) >= 11 is 0. The Balaban J connectivity index is 1.46. The maximum Gasteiger partial charge on any atom is 0.251 e. The average Bonchev–Trinajstić information content (AvgIpc) is 3.32. The van der Waals surface area contributed by atoms with Gasteiger partial charge in [-0.3, -0.25) is 4.79 Å². The molecule has 0 bridgehead atoms. The van der Waals surface area contributed by atoms with E-state index in [0.29, 0.717) is 11.3 Å². The Morgan fingerprint density at radius 3 is 2.72 bits per heavy atom. The first-order chi connectivity index (χ1) is 12.2. The lowest BCUT2D eigenvalue weighted by Crippen LogP contribution is -2.26. The normalized spacial score (nSPS) is 13.5. The highest BCUT2D eigenvalue weighted by Crippen LogP contribution is 2.34. The molecule has 0 spiro atoms. The van der Waals surface area contributed by atoms with Crippen molar-refractivity contribution in [3.8, 4) is 17.2 Å². The molecule has 0 fully saturated rings. The number of rotatable bonds is 4. The minimum absolute atomic E-state index is 0.143. The van der Waals surface area contributed by atoms with Crippen LogP contribution in [-0.4, -0.2) is 27.5 Å². The number of nitrogens with one attached hydrogen (secondary N) is 1. The van der Waals surface area contributed by atoms with Gasteiger partial charge in [0.1, 0.15) is 12.7 Å². The van der Waals surface area contributed by atoms with Crippen LogP contribution in [-0.2, 0) is 0 Å². The SMILES string of the molecule is C[C@H](NC(=O)c1ccc(-n2cncn2)cc1)c1ccc2c(c1)OCO2. The van der Waals surface area contributed by atoms with Gasteiger partial charge in [0.05, 0.1) is 11.7 Å². The first kappa shape index (κ1) is 15.2. The molecule has 4 rings (SSSR count). The van der Waals surface area contributed by atoms with E-state index in [0.717, 1.165) is 17.0 Å². The number of amides is 1. The molecule has 1 aliphatic heterocycles. The molecule has 1 atom stereocenters. The highest BCUT2D eigenvalue weighted by atomic mass is 16.7. The van der Waals surface area contributed by atoms with E-state index in [9.17, 15) is 4.79 Å². The number of carbonyl (C=O) groups excluding carboxylic acids is 1. The number of benzene rings is 2. The molecular formula is C18H16N4O3. The third-order valence-electron chi connectivity index (χ3n) is 4.06. The van der Waals surface area contributed by atoms with Crippen molar-refractivity contribution in [2.24, 2.45) is 0 Å². The summed E-state index contributed by atoms with van der Waals surface area (Å²) in [5, 5.41) is 7.05. The maximum absolute atomic E-state index is 12.5. The number of ether oxygens (including phenoxy) is 2. The topological polar surface area (TPSA) is 78.3 Å². The van der Waals surface area contributed by atoms with Crippen LogP contribution in [0, 0.1) is 0 Å². The van der Waals surface area contributed by atoms with E-state index in [2.05, 4.69) is 15.4 Å². The van der Waals surface area contributed by atoms with Crippen molar-refractivity contribution in [1.29, 1.82) is 0 Å². The molecule has 0 saturated heterocycles. The first-order valence-electron chi connectivity index (χ1n) is 7.86. The molecule has 25 heavy (non-hydrogen) atoms. The van der Waals surface area contributed by atoms with Gasteiger partial charge in [0.15, 0.2) is 11.5 Å². The van der Waals surface area contributed by atoms with Crippen LogP contribution in [0.3, 0.4) is 0 Å². The molecule has 7 nitrogen and oxygen atoms in total. The van der Waals surface area contributed by atoms with Crippen LogP contribution in [0.25, 0.3) is 5.69 Å². The summed E-state index contributed by atoms with van der Waals surface area (Å²) in [6.07, 6.45) is 3.07. The van der Waals surface area contributed by atoms with Gasteiger partial charge in [-0.2, -0.15) is 5.10 Å². The lowest BCUT2D eigenvalue weighted by atomic mass is 10.1. The quantitative estimate of drug-likeness (QED) is 0.792. The summed E-state index contributed by atoms with van der Waals surface area (Å²) in [5.74, 6) is 1.29. The molecule has 1 aromatic heterocycles. The Kier molecular flexibility index (Phi) is 3.81. The Labute approximate surface area is 144 Å². The number of nitrogens with zero attached hydrogens (tertiary/aromatic N) is 3. The van der Waals surface area contributed by atoms with E-state index in [-0.39, 0.29) is 18.7 Å². The first-order valence-corrected chi connectivity index (χ1v) is 7.86. The molecule has 1 aliphatic rings. The van der Waals surface area contributed by atoms with E-state index in [1.807, 2.05) is 37.3 Å². The standard InChI is InChI=1S/C18H16N4O3/c1-12(14-4-7-16-17(8-14)25-11-24-16)21-18(23)13-2-5-15(6-3-13)22-10-19-9-20-22/h2-10,12H,11H2,1H3,(H,21,23)/t12-/m0/s1. The van der Waals surface area contributed by atoms with Gasteiger partial charge in [-0.25, -0.2) is 9.67 Å². The number of aromatic nitrogens is 3. The molecule has 0 aliphatic carbocycles. The zero-order valence-electron chi connectivity index (χ0n) is 13.5. The van der Waals surface area contributed by atoms with Gasteiger partial charge >= 0.3 is 0 Å². The molecule has 7 heteroatoms. The smallest absolute Gasteiger partial charge is 0.251 e. The fourth-order valence-electron chi connectivity index (χ4n) is 2.65. The van der Waals surface area contributed by atoms with E-state index in [1.165, 1.54) is 6.33 Å². The van der Waals surface area contributed by atoms with Crippen molar-refractivity contribution in [3.05, 3.63) is 66.2 Å². The lowest BCUT2D eigenvalue weighted by molar-refractivity contribution is 0.0940. The second-order valence-electron chi connectivity index (χ2n) is 5.69. The van der Waals surface area contributed by atoms with Gasteiger partial charge in [-0.05, 0) is 48.9 Å². The molecule has 3 aromatic rings. The van der Waals surface area contributed by atoms with E-state index < -0.39 is 0 Å². The van der Waals surface area contributed by atoms with Crippen LogP contribution in [0.5, 0.6) is 11.5 Å². The van der Waals surface area contributed by atoms with Crippen molar-refractivity contribution in [2.45, 2.75) is 13.0 Å². The molecule has 0 saturated carbocycles. The second kappa shape index (κ2) is 6.27. The predicted octanol–water partition coefficient (Wildman–Crippen LogP) is 2.49. The van der Waals surface area contributed by atoms with Crippen molar-refractivity contribution in [2.75, 3.05) is 6.79 Å². The van der Waals surface area contributed by atoms with Crippen LogP contribution in [0.1, 0.15) is 28.9 Å². The van der Waals surface area contributed by atoms with E-state index in [4.69, 9.17) is 9.47 Å². The monoisotopic (exact) mass is 336 g/mol. The second-order valence-corrected chi connectivity index (χ2v) is 5.69. The Morgan fingerprint density at radius 2 is 1.96 bits per heavy atom. The van der Waals surface area contributed by atoms with Crippen molar-refractivity contribution >= 4 is 5.91 Å². The third kappa shape index (κ3) is 3.03. The third-order valence-corrected chi connectivity index (χ3v) is 4.06. The van der Waals surface area contributed by atoms with Crippen LogP contribution < -0.4 is 14.8 Å². The van der Waals surface area contributed by atoms with Gasteiger partial charge in [0.25, 0.3) is 5.91 Å². The Bertz CT molecular complexity index is 891. The highest BCUT2D eigenvalue weighted by Gasteiger charge is 2.17. The van der Waals surface area contributed by atoms with Gasteiger partial charge in [0, 0.05) is 5.56 Å². The molecular weight excluding hydrogens is 320 g/mol. The van der Waals surface area contributed by atoms with Gasteiger partial charge in [-0.1, -0.05) is 6.07 Å². The minimum atomic E-state index is -0.156. The number of hydrogen-bond donors (Lipinski definition) is 1. The molecule has 0 radical (unpaired) electrons. The fourth-order valence-corrected chi connectivity index (χ4v) is 2.65. The van der Waals surface area contributed by atoms with E-state index in [1.54, 1.807) is 23.1 Å². The fraction of sp³-hybridized carbons (Fsp3) is 0.167. The van der Waals surface area contributed by atoms with Gasteiger partial charge < -0.3 is 14.8 Å². The molecule has 2 heterocycles. The molecule has 1 N–H and O–H groups in total. The van der Waals surface area contributed by atoms with Gasteiger partial charge in [0.2, 0.25) is 6.79 Å². The molecule has 1 amide bonds. The summed E-state index contributed by atoms with van der Waals surface area (Å²) in [6, 6.07) is 12.7. The summed E-state index contributed by atoms with van der Waals surface area (Å²) in [4.78, 5) is 16.4. The molecule has 126 valence electrons. The molecule has 2 aromatic carbocycles. The van der Waals surface area contributed by atoms with Crippen LogP contribution >= 0.6 is 0 Å². The predicted molar refractivity (Wildman–Crippen MR) is 89.8 cm³/mol. The summed E-state index contributed by atoms with van der Waals surface area (Å²) in [7, 11) is 0. The number of fused-ring (bicyclic) bond motifs is 1. The molecule has 0 unspecified atom stereocenters. The average molecular weight is 336 g/mol. The lowest BCUT2D eigenvalue weighted by Gasteiger charge is -2.15. The van der Waals surface area contributed by atoms with E-state index >= 15 is 0 Å². The van der Waals surface area contributed by atoms with Crippen LogP contribution in [0.2, 0.25) is 0 Å².